The quantitative estimate of drug-likeness (QED) is 0.871. The average Bonchev–Trinajstić information content (AvgIpc) is 3.28. The first kappa shape index (κ1) is 16.3. The minimum atomic E-state index is -0.253. The zero-order valence-corrected chi connectivity index (χ0v) is 15.1. The van der Waals surface area contributed by atoms with E-state index < -0.39 is 0 Å². The van der Waals surface area contributed by atoms with Crippen LogP contribution < -0.4 is 15.5 Å². The zero-order chi connectivity index (χ0) is 17.2. The van der Waals surface area contributed by atoms with Crippen molar-refractivity contribution in [1.29, 1.82) is 0 Å². The number of anilines is 2. The van der Waals surface area contributed by atoms with Crippen molar-refractivity contribution in [3.8, 4) is 0 Å². The predicted octanol–water partition coefficient (Wildman–Crippen LogP) is 2.89. The highest BCUT2D eigenvalue weighted by Gasteiger charge is 2.27. The van der Waals surface area contributed by atoms with Gasteiger partial charge in [-0.3, -0.25) is 5.32 Å². The Morgan fingerprint density at radius 3 is 2.92 bits per heavy atom. The van der Waals surface area contributed by atoms with Crippen LogP contribution in [0.4, 0.5) is 15.9 Å². The van der Waals surface area contributed by atoms with Gasteiger partial charge < -0.3 is 14.7 Å². The number of amides is 2. The van der Waals surface area contributed by atoms with Crippen molar-refractivity contribution < 1.29 is 9.32 Å². The van der Waals surface area contributed by atoms with Crippen LogP contribution in [-0.2, 0) is 13.0 Å². The van der Waals surface area contributed by atoms with Gasteiger partial charge in [0.2, 0.25) is 0 Å². The van der Waals surface area contributed by atoms with E-state index >= 15 is 0 Å². The highest BCUT2D eigenvalue weighted by Crippen LogP contribution is 2.33. The molecule has 0 atom stereocenters. The van der Waals surface area contributed by atoms with Gasteiger partial charge in [0.1, 0.15) is 0 Å². The lowest BCUT2D eigenvalue weighted by Gasteiger charge is -2.23. The lowest BCUT2D eigenvalue weighted by Crippen LogP contribution is -2.30. The summed E-state index contributed by atoms with van der Waals surface area (Å²) in [6, 6.07) is 0.345. The molecule has 2 amide bonds. The molecule has 2 aromatic rings. The second-order valence-electron chi connectivity index (χ2n) is 6.53. The van der Waals surface area contributed by atoms with E-state index in [0.717, 1.165) is 42.2 Å². The molecule has 1 aliphatic carbocycles. The van der Waals surface area contributed by atoms with E-state index in [1.807, 2.05) is 0 Å². The monoisotopic (exact) mass is 362 g/mol. The minimum absolute atomic E-state index is 0.253. The van der Waals surface area contributed by atoms with Crippen LogP contribution in [0.3, 0.4) is 0 Å². The molecule has 0 aromatic carbocycles. The molecule has 1 aliphatic heterocycles. The second kappa shape index (κ2) is 6.99. The normalized spacial score (nSPS) is 18.0. The standard InChI is InChI=1S/C16H22N6O2S/c1-17-14(23)20-15-18-11-7-8-22(9-12(11)25-15)16-19-13(21-24-16)10-5-3-2-4-6-10/h10H,2-9H2,1H3,(H2,17,18,20,23). The maximum Gasteiger partial charge on any atom is 0.324 e. The van der Waals surface area contributed by atoms with Gasteiger partial charge in [0.05, 0.1) is 12.2 Å². The fourth-order valence-electron chi connectivity index (χ4n) is 3.45. The van der Waals surface area contributed by atoms with Crippen molar-refractivity contribution in [3.05, 3.63) is 16.4 Å². The van der Waals surface area contributed by atoms with Crippen LogP contribution in [0.25, 0.3) is 0 Å². The van der Waals surface area contributed by atoms with E-state index in [0.29, 0.717) is 23.6 Å². The lowest BCUT2D eigenvalue weighted by atomic mass is 9.89. The lowest BCUT2D eigenvalue weighted by molar-refractivity contribution is 0.254. The first-order valence-electron chi connectivity index (χ1n) is 8.79. The van der Waals surface area contributed by atoms with Gasteiger partial charge in [0.25, 0.3) is 0 Å². The van der Waals surface area contributed by atoms with Crippen molar-refractivity contribution in [1.82, 2.24) is 20.4 Å². The summed E-state index contributed by atoms with van der Waals surface area (Å²) in [7, 11) is 1.59. The van der Waals surface area contributed by atoms with Crippen molar-refractivity contribution in [3.63, 3.8) is 0 Å². The molecule has 9 heteroatoms. The largest absolute Gasteiger partial charge is 0.341 e. The number of aromatic nitrogens is 3. The molecule has 0 unspecified atom stereocenters. The summed E-state index contributed by atoms with van der Waals surface area (Å²) in [5.41, 5.74) is 1.04. The third-order valence-electron chi connectivity index (χ3n) is 4.85. The first-order valence-corrected chi connectivity index (χ1v) is 9.60. The minimum Gasteiger partial charge on any atom is -0.341 e. The molecule has 25 heavy (non-hydrogen) atoms. The SMILES string of the molecule is CNC(=O)Nc1nc2c(s1)CN(c1nc(C3CCCCC3)no1)CC2. The molecule has 8 nitrogen and oxygen atoms in total. The van der Waals surface area contributed by atoms with Crippen molar-refractivity contribution in [2.75, 3.05) is 23.8 Å². The van der Waals surface area contributed by atoms with E-state index in [1.165, 1.54) is 30.6 Å². The number of nitrogens with zero attached hydrogens (tertiary/aromatic N) is 4. The Morgan fingerprint density at radius 1 is 1.28 bits per heavy atom. The van der Waals surface area contributed by atoms with Gasteiger partial charge in [-0.25, -0.2) is 9.78 Å². The third kappa shape index (κ3) is 3.46. The number of hydrogen-bond donors (Lipinski definition) is 2. The van der Waals surface area contributed by atoms with Gasteiger partial charge in [0, 0.05) is 30.8 Å². The third-order valence-corrected chi connectivity index (χ3v) is 5.85. The van der Waals surface area contributed by atoms with E-state index in [9.17, 15) is 4.79 Å². The Hall–Kier alpha value is -2.16. The Morgan fingerprint density at radius 2 is 2.12 bits per heavy atom. The van der Waals surface area contributed by atoms with Crippen LogP contribution in [0.2, 0.25) is 0 Å². The number of rotatable bonds is 3. The zero-order valence-electron chi connectivity index (χ0n) is 14.2. The average molecular weight is 362 g/mol. The van der Waals surface area contributed by atoms with E-state index in [2.05, 4.69) is 30.7 Å². The predicted molar refractivity (Wildman–Crippen MR) is 95.1 cm³/mol. The van der Waals surface area contributed by atoms with Gasteiger partial charge in [-0.15, -0.1) is 0 Å². The number of thiazole rings is 1. The van der Waals surface area contributed by atoms with Crippen LogP contribution in [0.5, 0.6) is 0 Å². The van der Waals surface area contributed by atoms with Crippen LogP contribution >= 0.6 is 11.3 Å². The number of nitrogens with one attached hydrogen (secondary N) is 2. The van der Waals surface area contributed by atoms with Crippen molar-refractivity contribution in [2.45, 2.75) is 51.0 Å². The van der Waals surface area contributed by atoms with Crippen LogP contribution in [0.15, 0.2) is 4.52 Å². The molecule has 2 aliphatic rings. The van der Waals surface area contributed by atoms with Crippen molar-refractivity contribution in [2.24, 2.45) is 0 Å². The molecule has 0 spiro atoms. The highest BCUT2D eigenvalue weighted by atomic mass is 32.1. The van der Waals surface area contributed by atoms with Gasteiger partial charge in [0.15, 0.2) is 11.0 Å². The van der Waals surface area contributed by atoms with E-state index in [-0.39, 0.29) is 6.03 Å². The summed E-state index contributed by atoms with van der Waals surface area (Å²) in [5.74, 6) is 1.30. The molecule has 1 saturated carbocycles. The Bertz CT molecular complexity index is 752. The Labute approximate surface area is 150 Å². The van der Waals surface area contributed by atoms with Gasteiger partial charge in [-0.2, -0.15) is 4.98 Å². The number of carbonyl (C=O) groups excluding carboxylic acids is 1. The fourth-order valence-corrected chi connectivity index (χ4v) is 4.47. The molecule has 3 heterocycles. The second-order valence-corrected chi connectivity index (χ2v) is 7.62. The molecular formula is C16H22N6O2S. The van der Waals surface area contributed by atoms with E-state index in [1.54, 1.807) is 7.05 Å². The fraction of sp³-hybridized carbons (Fsp3) is 0.625. The molecule has 4 rings (SSSR count). The molecule has 2 aromatic heterocycles. The van der Waals surface area contributed by atoms with Gasteiger partial charge >= 0.3 is 12.0 Å². The van der Waals surface area contributed by atoms with Gasteiger partial charge in [-0.1, -0.05) is 35.8 Å². The Kier molecular flexibility index (Phi) is 4.56. The number of carbonyl (C=O) groups is 1. The maximum absolute atomic E-state index is 11.4. The van der Waals surface area contributed by atoms with Crippen LogP contribution in [0.1, 0.15) is 54.4 Å². The molecule has 2 N–H and O–H groups in total. The number of fused-ring (bicyclic) bond motifs is 1. The summed E-state index contributed by atoms with van der Waals surface area (Å²) < 4.78 is 5.53. The molecule has 0 radical (unpaired) electrons. The summed E-state index contributed by atoms with van der Waals surface area (Å²) >= 11 is 1.50. The maximum atomic E-state index is 11.4. The molecule has 0 bridgehead atoms. The van der Waals surface area contributed by atoms with Gasteiger partial charge in [-0.05, 0) is 12.8 Å². The topological polar surface area (TPSA) is 96.2 Å². The molecule has 134 valence electrons. The molecule has 1 fully saturated rings. The first-order chi connectivity index (χ1) is 12.2. The van der Waals surface area contributed by atoms with E-state index in [4.69, 9.17) is 4.52 Å². The smallest absolute Gasteiger partial charge is 0.324 e. The number of urea groups is 1. The molecule has 0 saturated heterocycles. The summed E-state index contributed by atoms with van der Waals surface area (Å²) in [4.78, 5) is 23.8. The van der Waals surface area contributed by atoms with Crippen LogP contribution in [-0.4, -0.2) is 34.7 Å². The summed E-state index contributed by atoms with van der Waals surface area (Å²) in [5, 5.41) is 10.1. The number of hydrogen-bond acceptors (Lipinski definition) is 7. The van der Waals surface area contributed by atoms with Crippen molar-refractivity contribution >= 4 is 28.5 Å². The van der Waals surface area contributed by atoms with Crippen LogP contribution in [0, 0.1) is 0 Å². The summed E-state index contributed by atoms with van der Waals surface area (Å²) in [6.07, 6.45) is 6.95. The Balaban J connectivity index is 1.45. The molecular weight excluding hydrogens is 340 g/mol. The summed E-state index contributed by atoms with van der Waals surface area (Å²) in [6.45, 7) is 1.48. The highest BCUT2D eigenvalue weighted by molar-refractivity contribution is 7.15.